The molecule has 1 unspecified atom stereocenters. The van der Waals surface area contributed by atoms with Gasteiger partial charge in [0.15, 0.2) is 5.82 Å². The van der Waals surface area contributed by atoms with E-state index in [0.717, 1.165) is 31.9 Å². The standard InChI is InChI=1S/C16H21N7/c1-2-9-21(14(5-1)6-12-22-10-4-8-18-22)13-15-19-16-17-7-3-11-23(16)20-15/h3-4,7-8,10-11,14H,1-2,5-6,9,12-13H2. The monoisotopic (exact) mass is 311 g/mol. The molecule has 3 aromatic rings. The molecule has 23 heavy (non-hydrogen) atoms. The van der Waals surface area contributed by atoms with E-state index < -0.39 is 0 Å². The quantitative estimate of drug-likeness (QED) is 0.718. The molecule has 1 aliphatic rings. The number of hydrogen-bond acceptors (Lipinski definition) is 5. The van der Waals surface area contributed by atoms with Crippen molar-refractivity contribution in [3.63, 3.8) is 0 Å². The predicted octanol–water partition coefficient (Wildman–Crippen LogP) is 1.77. The fourth-order valence-electron chi connectivity index (χ4n) is 3.33. The van der Waals surface area contributed by atoms with Gasteiger partial charge in [-0.1, -0.05) is 6.42 Å². The summed E-state index contributed by atoms with van der Waals surface area (Å²) in [5, 5.41) is 8.84. The lowest BCUT2D eigenvalue weighted by molar-refractivity contribution is 0.124. The van der Waals surface area contributed by atoms with Crippen molar-refractivity contribution in [3.05, 3.63) is 42.7 Å². The Morgan fingerprint density at radius 2 is 2.09 bits per heavy atom. The van der Waals surface area contributed by atoms with Gasteiger partial charge in [-0.05, 0) is 37.9 Å². The number of aryl methyl sites for hydroxylation is 1. The summed E-state index contributed by atoms with van der Waals surface area (Å²) >= 11 is 0. The van der Waals surface area contributed by atoms with Crippen LogP contribution in [0.2, 0.25) is 0 Å². The van der Waals surface area contributed by atoms with E-state index >= 15 is 0 Å². The number of nitrogens with zero attached hydrogens (tertiary/aromatic N) is 7. The molecular formula is C16H21N7. The van der Waals surface area contributed by atoms with E-state index in [9.17, 15) is 0 Å². The summed E-state index contributed by atoms with van der Waals surface area (Å²) in [6.45, 7) is 2.88. The largest absolute Gasteiger partial charge is 0.293 e. The minimum Gasteiger partial charge on any atom is -0.293 e. The summed E-state index contributed by atoms with van der Waals surface area (Å²) in [5.41, 5.74) is 0. The second kappa shape index (κ2) is 6.45. The fraction of sp³-hybridized carbons (Fsp3) is 0.500. The van der Waals surface area contributed by atoms with Crippen LogP contribution in [0.1, 0.15) is 31.5 Å². The van der Waals surface area contributed by atoms with Gasteiger partial charge < -0.3 is 0 Å². The van der Waals surface area contributed by atoms with Gasteiger partial charge in [0.2, 0.25) is 0 Å². The number of piperidine rings is 1. The van der Waals surface area contributed by atoms with Crippen LogP contribution >= 0.6 is 0 Å². The molecule has 7 heteroatoms. The van der Waals surface area contributed by atoms with Crippen molar-refractivity contribution in [1.29, 1.82) is 0 Å². The Morgan fingerprint density at radius 1 is 1.13 bits per heavy atom. The third kappa shape index (κ3) is 3.24. The Hall–Kier alpha value is -2.28. The van der Waals surface area contributed by atoms with Gasteiger partial charge in [-0.3, -0.25) is 9.58 Å². The van der Waals surface area contributed by atoms with E-state index in [2.05, 4.69) is 25.1 Å². The molecule has 0 amide bonds. The lowest BCUT2D eigenvalue weighted by Crippen LogP contribution is -2.39. The minimum atomic E-state index is 0.576. The summed E-state index contributed by atoms with van der Waals surface area (Å²) in [5.74, 6) is 1.53. The highest BCUT2D eigenvalue weighted by molar-refractivity contribution is 5.24. The number of fused-ring (bicyclic) bond motifs is 1. The van der Waals surface area contributed by atoms with Gasteiger partial charge in [0.05, 0.1) is 6.54 Å². The maximum atomic E-state index is 4.54. The van der Waals surface area contributed by atoms with Crippen LogP contribution in [0.25, 0.3) is 5.78 Å². The van der Waals surface area contributed by atoms with Crippen LogP contribution < -0.4 is 0 Å². The first-order chi connectivity index (χ1) is 11.4. The van der Waals surface area contributed by atoms with Crippen molar-refractivity contribution in [1.82, 2.24) is 34.3 Å². The first kappa shape index (κ1) is 14.3. The van der Waals surface area contributed by atoms with E-state index in [-0.39, 0.29) is 0 Å². The third-order valence-electron chi connectivity index (χ3n) is 4.50. The summed E-state index contributed by atoms with van der Waals surface area (Å²) in [4.78, 5) is 11.3. The molecule has 7 nitrogen and oxygen atoms in total. The molecule has 0 radical (unpaired) electrons. The lowest BCUT2D eigenvalue weighted by Gasteiger charge is -2.35. The fourth-order valence-corrected chi connectivity index (χ4v) is 3.33. The molecule has 4 heterocycles. The number of likely N-dealkylation sites (tertiary alicyclic amines) is 1. The highest BCUT2D eigenvalue weighted by Gasteiger charge is 2.23. The molecule has 0 N–H and O–H groups in total. The molecule has 0 bridgehead atoms. The van der Waals surface area contributed by atoms with Gasteiger partial charge in [-0.25, -0.2) is 9.50 Å². The second-order valence-corrected chi connectivity index (χ2v) is 6.07. The molecule has 0 aliphatic carbocycles. The number of aromatic nitrogens is 6. The molecule has 1 saturated heterocycles. The van der Waals surface area contributed by atoms with Crippen LogP contribution in [0, 0.1) is 0 Å². The molecule has 3 aromatic heterocycles. The first-order valence-corrected chi connectivity index (χ1v) is 8.26. The van der Waals surface area contributed by atoms with Gasteiger partial charge in [0.25, 0.3) is 5.78 Å². The van der Waals surface area contributed by atoms with Gasteiger partial charge in [0, 0.05) is 37.4 Å². The highest BCUT2D eigenvalue weighted by atomic mass is 15.3. The van der Waals surface area contributed by atoms with E-state index in [1.54, 1.807) is 10.7 Å². The smallest absolute Gasteiger partial charge is 0.252 e. The normalized spacial score (nSPS) is 19.4. The van der Waals surface area contributed by atoms with Crippen molar-refractivity contribution in [2.75, 3.05) is 6.54 Å². The van der Waals surface area contributed by atoms with Crippen LogP contribution in [0.3, 0.4) is 0 Å². The van der Waals surface area contributed by atoms with Crippen molar-refractivity contribution < 1.29 is 0 Å². The lowest BCUT2D eigenvalue weighted by atomic mass is 9.99. The summed E-state index contributed by atoms with van der Waals surface area (Å²) < 4.78 is 3.76. The number of rotatable bonds is 5. The van der Waals surface area contributed by atoms with Crippen LogP contribution in [0.15, 0.2) is 36.9 Å². The van der Waals surface area contributed by atoms with Crippen LogP contribution in [0.4, 0.5) is 0 Å². The third-order valence-corrected chi connectivity index (χ3v) is 4.50. The zero-order valence-electron chi connectivity index (χ0n) is 13.1. The Bertz CT molecular complexity index is 716. The predicted molar refractivity (Wildman–Crippen MR) is 85.7 cm³/mol. The van der Waals surface area contributed by atoms with Crippen LogP contribution in [-0.4, -0.2) is 46.8 Å². The SMILES string of the molecule is c1cnn(CCC2CCCCN2Cc2nc3ncccn3n2)c1. The number of hydrogen-bond donors (Lipinski definition) is 0. The Kier molecular flexibility index (Phi) is 4.02. The molecule has 0 saturated carbocycles. The molecule has 1 aliphatic heterocycles. The molecule has 1 fully saturated rings. The highest BCUT2D eigenvalue weighted by Crippen LogP contribution is 2.21. The van der Waals surface area contributed by atoms with Gasteiger partial charge >= 0.3 is 0 Å². The van der Waals surface area contributed by atoms with E-state index in [4.69, 9.17) is 0 Å². The average molecular weight is 311 g/mol. The Morgan fingerprint density at radius 3 is 2.96 bits per heavy atom. The van der Waals surface area contributed by atoms with Crippen LogP contribution in [0.5, 0.6) is 0 Å². The van der Waals surface area contributed by atoms with Gasteiger partial charge in [-0.2, -0.15) is 10.1 Å². The Labute approximate surface area is 135 Å². The summed E-state index contributed by atoms with van der Waals surface area (Å²) in [7, 11) is 0. The summed E-state index contributed by atoms with van der Waals surface area (Å²) in [6, 6.07) is 4.43. The van der Waals surface area contributed by atoms with Crippen LogP contribution in [-0.2, 0) is 13.1 Å². The molecule has 1 atom stereocenters. The molecule has 0 spiro atoms. The molecule has 0 aromatic carbocycles. The van der Waals surface area contributed by atoms with Crippen molar-refractivity contribution in [2.24, 2.45) is 0 Å². The molecule has 4 rings (SSSR count). The van der Waals surface area contributed by atoms with E-state index in [1.807, 2.05) is 35.4 Å². The maximum Gasteiger partial charge on any atom is 0.252 e. The Balaban J connectivity index is 1.44. The topological polar surface area (TPSA) is 64.1 Å². The zero-order valence-corrected chi connectivity index (χ0v) is 13.1. The first-order valence-electron chi connectivity index (χ1n) is 8.26. The average Bonchev–Trinajstić information content (AvgIpc) is 3.23. The maximum absolute atomic E-state index is 4.54. The zero-order chi connectivity index (χ0) is 15.5. The van der Waals surface area contributed by atoms with Gasteiger partial charge in [0.1, 0.15) is 0 Å². The van der Waals surface area contributed by atoms with Crippen molar-refractivity contribution >= 4 is 5.78 Å². The second-order valence-electron chi connectivity index (χ2n) is 6.07. The van der Waals surface area contributed by atoms with Crippen molar-refractivity contribution in [3.8, 4) is 0 Å². The van der Waals surface area contributed by atoms with E-state index in [1.165, 1.54) is 19.3 Å². The minimum absolute atomic E-state index is 0.576. The molecule has 120 valence electrons. The molecular weight excluding hydrogens is 290 g/mol. The van der Waals surface area contributed by atoms with Gasteiger partial charge in [-0.15, -0.1) is 5.10 Å². The van der Waals surface area contributed by atoms with Crippen molar-refractivity contribution in [2.45, 2.75) is 44.8 Å². The summed E-state index contributed by atoms with van der Waals surface area (Å²) in [6.07, 6.45) is 12.4. The van der Waals surface area contributed by atoms with E-state index in [0.29, 0.717) is 11.8 Å².